The standard InChI is InChI=1S/C17H22N4O4S/c1-3-20(4-2)26(24,25)17-11-13(21(22)23)8-9-15(17)18-19-16-10-12-6-5-7-14(12)16/h5-6,8-9,11-12,14,18H,3-4,7,10H2,1-2H3/b19-16-/t12-,14-/m1/s1. The number of anilines is 1. The number of sulfonamides is 1. The molecule has 1 aromatic carbocycles. The first-order valence-electron chi connectivity index (χ1n) is 8.66. The van der Waals surface area contributed by atoms with Gasteiger partial charge in [0.15, 0.2) is 0 Å². The maximum absolute atomic E-state index is 12.9. The summed E-state index contributed by atoms with van der Waals surface area (Å²) in [4.78, 5) is 10.4. The van der Waals surface area contributed by atoms with Gasteiger partial charge in [0.05, 0.1) is 10.6 Å². The molecule has 0 aliphatic heterocycles. The summed E-state index contributed by atoms with van der Waals surface area (Å²) in [5.74, 6) is 0.926. The summed E-state index contributed by atoms with van der Waals surface area (Å²) < 4.78 is 27.1. The summed E-state index contributed by atoms with van der Waals surface area (Å²) in [6, 6.07) is 3.78. The molecule has 2 aliphatic rings. The lowest BCUT2D eigenvalue weighted by Gasteiger charge is -2.32. The molecule has 0 radical (unpaired) electrons. The minimum absolute atomic E-state index is 0.125. The number of hydrogen-bond acceptors (Lipinski definition) is 6. The van der Waals surface area contributed by atoms with E-state index in [9.17, 15) is 18.5 Å². The van der Waals surface area contributed by atoms with Crippen molar-refractivity contribution in [1.29, 1.82) is 0 Å². The van der Waals surface area contributed by atoms with Crippen molar-refractivity contribution in [1.82, 2.24) is 4.31 Å². The molecule has 2 atom stereocenters. The average molecular weight is 378 g/mol. The van der Waals surface area contributed by atoms with E-state index in [1.54, 1.807) is 13.8 Å². The van der Waals surface area contributed by atoms with E-state index < -0.39 is 14.9 Å². The molecule has 2 aliphatic carbocycles. The van der Waals surface area contributed by atoms with Gasteiger partial charge in [-0.05, 0) is 24.8 Å². The minimum atomic E-state index is -3.86. The Morgan fingerprint density at radius 2 is 2.08 bits per heavy atom. The third-order valence-corrected chi connectivity index (χ3v) is 7.07. The van der Waals surface area contributed by atoms with Crippen molar-refractivity contribution in [2.24, 2.45) is 16.9 Å². The maximum atomic E-state index is 12.9. The van der Waals surface area contributed by atoms with Gasteiger partial charge in [-0.3, -0.25) is 15.5 Å². The number of hydrazone groups is 1. The Morgan fingerprint density at radius 3 is 2.69 bits per heavy atom. The van der Waals surface area contributed by atoms with Crippen LogP contribution in [0, 0.1) is 22.0 Å². The van der Waals surface area contributed by atoms with Crippen LogP contribution in [0.3, 0.4) is 0 Å². The zero-order valence-electron chi connectivity index (χ0n) is 14.8. The summed E-state index contributed by atoms with van der Waals surface area (Å²) >= 11 is 0. The van der Waals surface area contributed by atoms with Crippen molar-refractivity contribution in [3.63, 3.8) is 0 Å². The molecule has 8 nitrogen and oxygen atoms in total. The van der Waals surface area contributed by atoms with Crippen molar-refractivity contribution < 1.29 is 13.3 Å². The Labute approximate surface area is 152 Å². The molecule has 0 amide bonds. The van der Waals surface area contributed by atoms with Crippen LogP contribution in [0.2, 0.25) is 0 Å². The van der Waals surface area contributed by atoms with Gasteiger partial charge in [-0.2, -0.15) is 9.41 Å². The van der Waals surface area contributed by atoms with Gasteiger partial charge in [-0.25, -0.2) is 8.42 Å². The number of nitro benzene ring substituents is 1. The first-order valence-corrected chi connectivity index (χ1v) is 10.1. The first-order chi connectivity index (χ1) is 12.4. The predicted octanol–water partition coefficient (Wildman–Crippen LogP) is 2.99. The molecule has 3 rings (SSSR count). The molecular weight excluding hydrogens is 356 g/mol. The molecule has 0 bridgehead atoms. The predicted molar refractivity (Wildman–Crippen MR) is 99.6 cm³/mol. The maximum Gasteiger partial charge on any atom is 0.270 e. The largest absolute Gasteiger partial charge is 0.277 e. The molecule has 1 N–H and O–H groups in total. The molecule has 9 heteroatoms. The number of hydrogen-bond donors (Lipinski definition) is 1. The highest BCUT2D eigenvalue weighted by molar-refractivity contribution is 7.89. The van der Waals surface area contributed by atoms with Crippen molar-refractivity contribution >= 4 is 27.1 Å². The zero-order chi connectivity index (χ0) is 18.9. The van der Waals surface area contributed by atoms with E-state index in [2.05, 4.69) is 22.7 Å². The Balaban J connectivity index is 1.94. The lowest BCUT2D eigenvalue weighted by molar-refractivity contribution is -0.385. The van der Waals surface area contributed by atoms with Gasteiger partial charge in [-0.15, -0.1) is 0 Å². The third-order valence-electron chi connectivity index (χ3n) is 4.98. The summed E-state index contributed by atoms with van der Waals surface area (Å²) in [7, 11) is -3.86. The number of non-ortho nitro benzene ring substituents is 1. The molecule has 1 fully saturated rings. The topological polar surface area (TPSA) is 105 Å². The Morgan fingerprint density at radius 1 is 1.35 bits per heavy atom. The molecule has 0 spiro atoms. The van der Waals surface area contributed by atoms with E-state index in [0.29, 0.717) is 11.8 Å². The van der Waals surface area contributed by atoms with Gasteiger partial charge < -0.3 is 0 Å². The van der Waals surface area contributed by atoms with Crippen molar-refractivity contribution in [2.75, 3.05) is 18.5 Å². The summed E-state index contributed by atoms with van der Waals surface area (Å²) in [6.45, 7) is 4.02. The van der Waals surface area contributed by atoms with Gasteiger partial charge in [0.1, 0.15) is 4.90 Å². The lowest BCUT2D eigenvalue weighted by atomic mass is 9.74. The van der Waals surface area contributed by atoms with E-state index in [-0.39, 0.29) is 29.4 Å². The number of benzene rings is 1. The van der Waals surface area contributed by atoms with E-state index in [1.165, 1.54) is 16.4 Å². The molecule has 1 aromatic rings. The summed E-state index contributed by atoms with van der Waals surface area (Å²) in [6.07, 6.45) is 6.14. The van der Waals surface area contributed by atoms with E-state index in [4.69, 9.17) is 0 Å². The highest BCUT2D eigenvalue weighted by atomic mass is 32.2. The van der Waals surface area contributed by atoms with Gasteiger partial charge in [-0.1, -0.05) is 26.0 Å². The van der Waals surface area contributed by atoms with E-state index in [0.717, 1.165) is 24.6 Å². The number of fused-ring (bicyclic) bond motifs is 1. The second-order valence-electron chi connectivity index (χ2n) is 6.38. The van der Waals surface area contributed by atoms with Crippen LogP contribution in [0.25, 0.3) is 0 Å². The van der Waals surface area contributed by atoms with Gasteiger partial charge >= 0.3 is 0 Å². The third kappa shape index (κ3) is 3.24. The highest BCUT2D eigenvalue weighted by Gasteiger charge is 2.38. The number of allylic oxidation sites excluding steroid dienone is 2. The number of nitrogens with one attached hydrogen (secondary N) is 1. The average Bonchev–Trinajstić information content (AvgIpc) is 2.96. The minimum Gasteiger partial charge on any atom is -0.277 e. The SMILES string of the molecule is CCN(CC)S(=O)(=O)c1cc([N+](=O)[O-])ccc1N/N=C1/C[C@H]2C=CC[C@@H]12. The van der Waals surface area contributed by atoms with Crippen LogP contribution in [0.4, 0.5) is 11.4 Å². The monoisotopic (exact) mass is 378 g/mol. The summed E-state index contributed by atoms with van der Waals surface area (Å²) in [5, 5.41) is 15.5. The molecular formula is C17H22N4O4S. The highest BCUT2D eigenvalue weighted by Crippen LogP contribution is 2.40. The Hall–Kier alpha value is -2.26. The summed E-state index contributed by atoms with van der Waals surface area (Å²) in [5.41, 5.74) is 3.83. The van der Waals surface area contributed by atoms with Crippen molar-refractivity contribution in [3.05, 3.63) is 40.5 Å². The van der Waals surface area contributed by atoms with Crippen LogP contribution >= 0.6 is 0 Å². The molecule has 0 heterocycles. The number of nitro groups is 1. The molecule has 1 saturated carbocycles. The molecule has 26 heavy (non-hydrogen) atoms. The first kappa shape index (κ1) is 18.5. The van der Waals surface area contributed by atoms with Crippen LogP contribution in [0.1, 0.15) is 26.7 Å². The van der Waals surface area contributed by atoms with Crippen LogP contribution in [-0.2, 0) is 10.0 Å². The zero-order valence-corrected chi connectivity index (χ0v) is 15.6. The van der Waals surface area contributed by atoms with E-state index in [1.807, 2.05) is 0 Å². The molecule has 0 saturated heterocycles. The second-order valence-corrected chi connectivity index (χ2v) is 8.29. The molecule has 0 unspecified atom stereocenters. The number of nitrogens with zero attached hydrogens (tertiary/aromatic N) is 3. The second kappa shape index (κ2) is 7.16. The Kier molecular flexibility index (Phi) is 5.10. The molecule has 140 valence electrons. The molecule has 0 aromatic heterocycles. The van der Waals surface area contributed by atoms with Crippen LogP contribution < -0.4 is 5.43 Å². The normalized spacial score (nSPS) is 23.1. The van der Waals surface area contributed by atoms with Crippen molar-refractivity contribution in [3.8, 4) is 0 Å². The van der Waals surface area contributed by atoms with Gasteiger partial charge in [0.2, 0.25) is 10.0 Å². The van der Waals surface area contributed by atoms with Gasteiger partial charge in [0, 0.05) is 36.9 Å². The van der Waals surface area contributed by atoms with Gasteiger partial charge in [0.25, 0.3) is 5.69 Å². The fraction of sp³-hybridized carbons (Fsp3) is 0.471. The van der Waals surface area contributed by atoms with Crippen LogP contribution in [0.5, 0.6) is 0 Å². The number of rotatable bonds is 7. The quantitative estimate of drug-likeness (QED) is 0.446. The smallest absolute Gasteiger partial charge is 0.270 e. The Bertz CT molecular complexity index is 875. The fourth-order valence-electron chi connectivity index (χ4n) is 3.43. The van der Waals surface area contributed by atoms with Crippen molar-refractivity contribution in [2.45, 2.75) is 31.6 Å². The lowest BCUT2D eigenvalue weighted by Crippen LogP contribution is -2.34. The van der Waals surface area contributed by atoms with Crippen LogP contribution in [-0.4, -0.2) is 36.4 Å². The van der Waals surface area contributed by atoms with Crippen LogP contribution in [0.15, 0.2) is 40.3 Å². The fourth-order valence-corrected chi connectivity index (χ4v) is 5.05. The van der Waals surface area contributed by atoms with E-state index >= 15 is 0 Å².